The normalized spacial score (nSPS) is 26.4. The van der Waals surface area contributed by atoms with Gasteiger partial charge in [-0.15, -0.1) is 0 Å². The van der Waals surface area contributed by atoms with Crippen LogP contribution in [0.4, 0.5) is 0 Å². The van der Waals surface area contributed by atoms with E-state index >= 15 is 0 Å². The lowest BCUT2D eigenvalue weighted by molar-refractivity contribution is 0.137. The van der Waals surface area contributed by atoms with Crippen molar-refractivity contribution in [1.82, 2.24) is 0 Å². The fourth-order valence-electron chi connectivity index (χ4n) is 1.29. The van der Waals surface area contributed by atoms with Crippen LogP contribution < -0.4 is 0 Å². The summed E-state index contributed by atoms with van der Waals surface area (Å²) < 4.78 is 21.0. The van der Waals surface area contributed by atoms with Crippen LogP contribution in [0.1, 0.15) is 6.92 Å². The fourth-order valence-corrected chi connectivity index (χ4v) is 1.29. The van der Waals surface area contributed by atoms with E-state index in [1.807, 2.05) is 25.2 Å². The predicted octanol–water partition coefficient (Wildman–Crippen LogP) is 1.83. The van der Waals surface area contributed by atoms with Gasteiger partial charge in [0.1, 0.15) is 18.8 Å². The third kappa shape index (κ3) is 6.00. The molecule has 0 amide bonds. The maximum atomic E-state index is 5.48. The molecule has 0 aliphatic carbocycles. The van der Waals surface area contributed by atoms with Crippen LogP contribution in [-0.4, -0.2) is 45.2 Å². The lowest BCUT2D eigenvalue weighted by Crippen LogP contribution is -2.03. The number of hydrogen-bond donors (Lipinski definition) is 0. The number of allylic oxidation sites excluding steroid dienone is 3. The van der Waals surface area contributed by atoms with Crippen molar-refractivity contribution in [2.24, 2.45) is 0 Å². The molecular formula is C14H20O4. The molecule has 0 aromatic rings. The molecule has 2 saturated heterocycles. The minimum atomic E-state index is 0.297. The van der Waals surface area contributed by atoms with Crippen LogP contribution in [0.25, 0.3) is 0 Å². The molecule has 4 heteroatoms. The van der Waals surface area contributed by atoms with Gasteiger partial charge in [0.2, 0.25) is 0 Å². The molecule has 2 fully saturated rings. The first-order chi connectivity index (χ1) is 8.74. The summed E-state index contributed by atoms with van der Waals surface area (Å²) in [6, 6.07) is 0. The zero-order valence-electron chi connectivity index (χ0n) is 10.8. The van der Waals surface area contributed by atoms with Crippen molar-refractivity contribution >= 4 is 0 Å². The van der Waals surface area contributed by atoms with Gasteiger partial charge in [-0.1, -0.05) is 18.7 Å². The molecule has 4 nitrogen and oxygen atoms in total. The summed E-state index contributed by atoms with van der Waals surface area (Å²) in [6.07, 6.45) is 6.36. The van der Waals surface area contributed by atoms with E-state index in [0.29, 0.717) is 32.0 Å². The Kier molecular flexibility index (Phi) is 4.99. The highest BCUT2D eigenvalue weighted by Crippen LogP contribution is 2.11. The summed E-state index contributed by atoms with van der Waals surface area (Å²) in [6.45, 7) is 9.33. The summed E-state index contributed by atoms with van der Waals surface area (Å²) in [7, 11) is 0. The number of ether oxygens (including phenoxy) is 4. The molecule has 2 unspecified atom stereocenters. The van der Waals surface area contributed by atoms with Gasteiger partial charge in [0.25, 0.3) is 0 Å². The van der Waals surface area contributed by atoms with E-state index in [4.69, 9.17) is 18.9 Å². The highest BCUT2D eigenvalue weighted by Gasteiger charge is 2.23. The van der Waals surface area contributed by atoms with Crippen molar-refractivity contribution in [3.63, 3.8) is 0 Å². The maximum absolute atomic E-state index is 5.48. The Bertz CT molecular complexity index is 338. The van der Waals surface area contributed by atoms with Crippen molar-refractivity contribution in [2.45, 2.75) is 19.1 Å². The standard InChI is InChI=1S/C14H20O4/c1-11(6-15-7-13-9-17-13)4-3-5-12(2)16-8-14-10-18-14/h3-5,13-14H,1,6-10H2,2H3/b4-3-,12-5+. The van der Waals surface area contributed by atoms with Gasteiger partial charge in [0.05, 0.1) is 32.2 Å². The Hall–Kier alpha value is -1.10. The van der Waals surface area contributed by atoms with Crippen molar-refractivity contribution in [2.75, 3.05) is 33.0 Å². The van der Waals surface area contributed by atoms with E-state index in [-0.39, 0.29) is 0 Å². The van der Waals surface area contributed by atoms with Crippen LogP contribution in [0.5, 0.6) is 0 Å². The van der Waals surface area contributed by atoms with Crippen molar-refractivity contribution < 1.29 is 18.9 Å². The third-order valence-electron chi connectivity index (χ3n) is 2.56. The van der Waals surface area contributed by atoms with Crippen molar-refractivity contribution in [1.29, 1.82) is 0 Å². The van der Waals surface area contributed by atoms with Gasteiger partial charge >= 0.3 is 0 Å². The van der Waals surface area contributed by atoms with Crippen LogP contribution in [0, 0.1) is 0 Å². The zero-order valence-corrected chi connectivity index (χ0v) is 10.8. The molecule has 0 saturated carbocycles. The molecule has 0 aromatic heterocycles. The molecule has 0 bridgehead atoms. The Balaban J connectivity index is 1.55. The molecule has 18 heavy (non-hydrogen) atoms. The fraction of sp³-hybridized carbons (Fsp3) is 0.571. The minimum Gasteiger partial charge on any atom is -0.495 e. The predicted molar refractivity (Wildman–Crippen MR) is 68.3 cm³/mol. The first kappa shape index (κ1) is 13.3. The maximum Gasteiger partial charge on any atom is 0.116 e. The molecule has 0 N–H and O–H groups in total. The SMILES string of the molecule is C=C(/C=C\C=C(/C)OCC1CO1)COCC1CO1. The van der Waals surface area contributed by atoms with Gasteiger partial charge < -0.3 is 18.9 Å². The van der Waals surface area contributed by atoms with Crippen LogP contribution in [0.3, 0.4) is 0 Å². The summed E-state index contributed by atoms with van der Waals surface area (Å²) in [5, 5.41) is 0. The van der Waals surface area contributed by atoms with Crippen molar-refractivity contribution in [3.05, 3.63) is 36.1 Å². The average Bonchev–Trinajstić information content (AvgIpc) is 3.21. The molecule has 2 heterocycles. The average molecular weight is 252 g/mol. The van der Waals surface area contributed by atoms with Crippen molar-refractivity contribution in [3.8, 4) is 0 Å². The summed E-state index contributed by atoms with van der Waals surface area (Å²) >= 11 is 0. The Morgan fingerprint density at radius 1 is 1.28 bits per heavy atom. The lowest BCUT2D eigenvalue weighted by atomic mass is 10.3. The minimum absolute atomic E-state index is 0.297. The Morgan fingerprint density at radius 3 is 2.61 bits per heavy atom. The second-order valence-corrected chi connectivity index (χ2v) is 4.53. The Morgan fingerprint density at radius 2 is 1.94 bits per heavy atom. The smallest absolute Gasteiger partial charge is 0.116 e. The number of epoxide rings is 2. The number of rotatable bonds is 9. The van der Waals surface area contributed by atoms with E-state index in [2.05, 4.69) is 6.58 Å². The van der Waals surface area contributed by atoms with E-state index < -0.39 is 0 Å². The van der Waals surface area contributed by atoms with E-state index in [1.54, 1.807) is 0 Å². The first-order valence-electron chi connectivity index (χ1n) is 6.20. The summed E-state index contributed by atoms with van der Waals surface area (Å²) in [4.78, 5) is 0. The van der Waals surface area contributed by atoms with Gasteiger partial charge in [-0.2, -0.15) is 0 Å². The Labute approximate surface area is 108 Å². The van der Waals surface area contributed by atoms with E-state index in [9.17, 15) is 0 Å². The first-order valence-corrected chi connectivity index (χ1v) is 6.20. The highest BCUT2D eigenvalue weighted by atomic mass is 16.6. The van der Waals surface area contributed by atoms with E-state index in [0.717, 1.165) is 24.5 Å². The van der Waals surface area contributed by atoms with Crippen LogP contribution in [0.15, 0.2) is 36.1 Å². The monoisotopic (exact) mass is 252 g/mol. The van der Waals surface area contributed by atoms with Gasteiger partial charge in [-0.3, -0.25) is 0 Å². The highest BCUT2D eigenvalue weighted by molar-refractivity contribution is 5.20. The number of hydrogen-bond acceptors (Lipinski definition) is 4. The van der Waals surface area contributed by atoms with Gasteiger partial charge in [-0.25, -0.2) is 0 Å². The van der Waals surface area contributed by atoms with Gasteiger partial charge in [0, 0.05) is 0 Å². The second-order valence-electron chi connectivity index (χ2n) is 4.53. The summed E-state index contributed by atoms with van der Waals surface area (Å²) in [5.74, 6) is 0.877. The largest absolute Gasteiger partial charge is 0.495 e. The molecule has 100 valence electrons. The molecule has 2 rings (SSSR count). The topological polar surface area (TPSA) is 43.5 Å². The molecule has 2 atom stereocenters. The molecule has 0 aromatic carbocycles. The third-order valence-corrected chi connectivity index (χ3v) is 2.56. The quantitative estimate of drug-likeness (QED) is 0.357. The second kappa shape index (κ2) is 6.73. The van der Waals surface area contributed by atoms with E-state index in [1.165, 1.54) is 0 Å². The molecule has 0 radical (unpaired) electrons. The zero-order chi connectivity index (χ0) is 12.8. The van der Waals surface area contributed by atoms with Crippen LogP contribution in [-0.2, 0) is 18.9 Å². The molecule has 0 spiro atoms. The van der Waals surface area contributed by atoms with Crippen LogP contribution in [0.2, 0.25) is 0 Å². The van der Waals surface area contributed by atoms with Gasteiger partial charge in [0.15, 0.2) is 0 Å². The lowest BCUT2D eigenvalue weighted by Gasteiger charge is -2.02. The molecule has 2 aliphatic rings. The molecule has 2 aliphatic heterocycles. The van der Waals surface area contributed by atoms with Crippen LogP contribution >= 0.6 is 0 Å². The van der Waals surface area contributed by atoms with Gasteiger partial charge in [-0.05, 0) is 18.6 Å². The summed E-state index contributed by atoms with van der Waals surface area (Å²) in [5.41, 5.74) is 0.935. The molecular weight excluding hydrogens is 232 g/mol.